The molecular formula is C15H10BrNS. The lowest BCUT2D eigenvalue weighted by Gasteiger charge is -1.99. The van der Waals surface area contributed by atoms with Gasteiger partial charge in [-0.3, -0.25) is 0 Å². The summed E-state index contributed by atoms with van der Waals surface area (Å²) < 4.78 is 1.10. The summed E-state index contributed by atoms with van der Waals surface area (Å²) in [6.07, 6.45) is 1.94. The summed E-state index contributed by atoms with van der Waals surface area (Å²) >= 11 is 5.29. The van der Waals surface area contributed by atoms with Gasteiger partial charge in [0.1, 0.15) is 5.01 Å². The molecule has 0 spiro atoms. The van der Waals surface area contributed by atoms with E-state index >= 15 is 0 Å². The number of aromatic nitrogens is 1. The van der Waals surface area contributed by atoms with E-state index in [-0.39, 0.29) is 0 Å². The van der Waals surface area contributed by atoms with Crippen molar-refractivity contribution in [3.63, 3.8) is 0 Å². The highest BCUT2D eigenvalue weighted by Gasteiger charge is 2.08. The Morgan fingerprint density at radius 2 is 1.61 bits per heavy atom. The van der Waals surface area contributed by atoms with Crippen molar-refractivity contribution >= 4 is 27.3 Å². The Labute approximate surface area is 118 Å². The number of rotatable bonds is 2. The van der Waals surface area contributed by atoms with Gasteiger partial charge in [0, 0.05) is 21.8 Å². The second kappa shape index (κ2) is 5.04. The molecule has 3 heteroatoms. The van der Waals surface area contributed by atoms with Crippen LogP contribution in [0.1, 0.15) is 0 Å². The molecule has 0 N–H and O–H groups in total. The molecule has 0 saturated carbocycles. The summed E-state index contributed by atoms with van der Waals surface area (Å²) in [5.74, 6) is 0. The summed E-state index contributed by atoms with van der Waals surface area (Å²) in [6.45, 7) is 0. The standard InChI is InChI=1S/C15H10BrNS/c16-13-9-5-4-8-12(13)14-10-17-15(18-14)11-6-2-1-3-7-11/h1-10H. The largest absolute Gasteiger partial charge is 0.244 e. The summed E-state index contributed by atoms with van der Waals surface area (Å²) in [6, 6.07) is 18.5. The Kier molecular flexibility index (Phi) is 3.26. The van der Waals surface area contributed by atoms with E-state index in [9.17, 15) is 0 Å². The molecule has 1 heterocycles. The van der Waals surface area contributed by atoms with Gasteiger partial charge in [-0.15, -0.1) is 11.3 Å². The molecule has 0 aliphatic rings. The van der Waals surface area contributed by atoms with Crippen molar-refractivity contribution in [1.29, 1.82) is 0 Å². The van der Waals surface area contributed by atoms with E-state index in [1.165, 1.54) is 16.0 Å². The van der Waals surface area contributed by atoms with Crippen molar-refractivity contribution in [2.45, 2.75) is 0 Å². The number of nitrogens with zero attached hydrogens (tertiary/aromatic N) is 1. The van der Waals surface area contributed by atoms with Crippen molar-refractivity contribution < 1.29 is 0 Å². The summed E-state index contributed by atoms with van der Waals surface area (Å²) in [5, 5.41) is 1.06. The number of thiazole rings is 1. The Morgan fingerprint density at radius 3 is 2.39 bits per heavy atom. The van der Waals surface area contributed by atoms with Crippen LogP contribution in [0.5, 0.6) is 0 Å². The highest BCUT2D eigenvalue weighted by Crippen LogP contribution is 2.35. The maximum absolute atomic E-state index is 4.50. The molecule has 0 aliphatic heterocycles. The molecule has 1 nitrogen and oxygen atoms in total. The Bertz CT molecular complexity index is 661. The van der Waals surface area contributed by atoms with Crippen LogP contribution in [0.25, 0.3) is 21.0 Å². The summed E-state index contributed by atoms with van der Waals surface area (Å²) in [7, 11) is 0. The van der Waals surface area contributed by atoms with Crippen LogP contribution in [0.3, 0.4) is 0 Å². The molecule has 88 valence electrons. The highest BCUT2D eigenvalue weighted by atomic mass is 79.9. The quantitative estimate of drug-likeness (QED) is 0.630. The second-order valence-corrected chi connectivity index (χ2v) is 5.76. The van der Waals surface area contributed by atoms with Crippen molar-refractivity contribution in [3.05, 3.63) is 65.3 Å². The Morgan fingerprint density at radius 1 is 0.889 bits per heavy atom. The van der Waals surface area contributed by atoms with Crippen LogP contribution in [0.15, 0.2) is 65.3 Å². The van der Waals surface area contributed by atoms with E-state index in [2.05, 4.69) is 45.2 Å². The molecule has 1 aromatic heterocycles. The predicted octanol–water partition coefficient (Wildman–Crippen LogP) is 5.24. The van der Waals surface area contributed by atoms with Crippen LogP contribution >= 0.6 is 27.3 Å². The van der Waals surface area contributed by atoms with E-state index in [0.717, 1.165) is 9.48 Å². The molecule has 3 aromatic rings. The zero-order valence-electron chi connectivity index (χ0n) is 9.51. The fourth-order valence-electron chi connectivity index (χ4n) is 1.77. The Hall–Kier alpha value is -1.45. The lowest BCUT2D eigenvalue weighted by molar-refractivity contribution is 1.41. The predicted molar refractivity (Wildman–Crippen MR) is 80.7 cm³/mol. The highest BCUT2D eigenvalue weighted by molar-refractivity contribution is 9.10. The topological polar surface area (TPSA) is 12.9 Å². The lowest BCUT2D eigenvalue weighted by Crippen LogP contribution is -1.72. The molecule has 18 heavy (non-hydrogen) atoms. The zero-order valence-corrected chi connectivity index (χ0v) is 11.9. The number of benzene rings is 2. The van der Waals surface area contributed by atoms with Crippen molar-refractivity contribution in [2.24, 2.45) is 0 Å². The average molecular weight is 316 g/mol. The fourth-order valence-corrected chi connectivity index (χ4v) is 3.36. The van der Waals surface area contributed by atoms with Gasteiger partial charge in [0.05, 0.1) is 4.88 Å². The van der Waals surface area contributed by atoms with Crippen LogP contribution in [0.2, 0.25) is 0 Å². The third-order valence-corrected chi connectivity index (χ3v) is 4.44. The van der Waals surface area contributed by atoms with Crippen LogP contribution in [-0.4, -0.2) is 4.98 Å². The third kappa shape index (κ3) is 2.24. The van der Waals surface area contributed by atoms with Gasteiger partial charge in [-0.2, -0.15) is 0 Å². The normalized spacial score (nSPS) is 10.5. The van der Waals surface area contributed by atoms with Gasteiger partial charge < -0.3 is 0 Å². The molecule has 0 amide bonds. The Balaban J connectivity index is 2.03. The first-order valence-corrected chi connectivity index (χ1v) is 7.22. The first kappa shape index (κ1) is 11.6. The van der Waals surface area contributed by atoms with Gasteiger partial charge >= 0.3 is 0 Å². The van der Waals surface area contributed by atoms with Crippen LogP contribution < -0.4 is 0 Å². The molecule has 0 bridgehead atoms. The van der Waals surface area contributed by atoms with Crippen molar-refractivity contribution in [2.75, 3.05) is 0 Å². The fraction of sp³-hybridized carbons (Fsp3) is 0. The second-order valence-electron chi connectivity index (χ2n) is 3.88. The van der Waals surface area contributed by atoms with E-state index in [4.69, 9.17) is 0 Å². The van der Waals surface area contributed by atoms with Gasteiger partial charge in [-0.05, 0) is 6.07 Å². The molecule has 0 atom stereocenters. The molecule has 0 aliphatic carbocycles. The zero-order chi connectivity index (χ0) is 12.4. The minimum Gasteiger partial charge on any atom is -0.244 e. The van der Waals surface area contributed by atoms with E-state index in [1.54, 1.807) is 11.3 Å². The van der Waals surface area contributed by atoms with E-state index in [0.29, 0.717) is 0 Å². The molecule has 0 unspecified atom stereocenters. The first-order valence-electron chi connectivity index (χ1n) is 5.61. The lowest BCUT2D eigenvalue weighted by atomic mass is 10.2. The van der Waals surface area contributed by atoms with Crippen molar-refractivity contribution in [1.82, 2.24) is 4.98 Å². The van der Waals surface area contributed by atoms with Crippen LogP contribution in [-0.2, 0) is 0 Å². The SMILES string of the molecule is Brc1ccccc1-c1cnc(-c2ccccc2)s1. The monoisotopic (exact) mass is 315 g/mol. The molecule has 0 saturated heterocycles. The minimum absolute atomic E-state index is 1.06. The van der Waals surface area contributed by atoms with Crippen LogP contribution in [0, 0.1) is 0 Å². The number of halogens is 1. The smallest absolute Gasteiger partial charge is 0.123 e. The van der Waals surface area contributed by atoms with Crippen molar-refractivity contribution in [3.8, 4) is 21.0 Å². The maximum atomic E-state index is 4.50. The van der Waals surface area contributed by atoms with Gasteiger partial charge in [-0.1, -0.05) is 64.5 Å². The maximum Gasteiger partial charge on any atom is 0.123 e. The van der Waals surface area contributed by atoms with Gasteiger partial charge in [-0.25, -0.2) is 4.98 Å². The molecule has 2 aromatic carbocycles. The summed E-state index contributed by atoms with van der Waals surface area (Å²) in [5.41, 5.74) is 2.36. The van der Waals surface area contributed by atoms with Crippen LogP contribution in [0.4, 0.5) is 0 Å². The van der Waals surface area contributed by atoms with E-state index < -0.39 is 0 Å². The van der Waals surface area contributed by atoms with Gasteiger partial charge in [0.2, 0.25) is 0 Å². The summed E-state index contributed by atoms with van der Waals surface area (Å²) in [4.78, 5) is 5.68. The third-order valence-electron chi connectivity index (χ3n) is 2.67. The molecule has 0 fully saturated rings. The number of hydrogen-bond acceptors (Lipinski definition) is 2. The minimum atomic E-state index is 1.06. The molecular weight excluding hydrogens is 306 g/mol. The number of hydrogen-bond donors (Lipinski definition) is 0. The molecule has 3 rings (SSSR count). The molecule has 0 radical (unpaired) electrons. The van der Waals surface area contributed by atoms with Gasteiger partial charge in [0.15, 0.2) is 0 Å². The average Bonchev–Trinajstić information content (AvgIpc) is 2.90. The van der Waals surface area contributed by atoms with Gasteiger partial charge in [0.25, 0.3) is 0 Å². The first-order chi connectivity index (χ1) is 8.84. The van der Waals surface area contributed by atoms with E-state index in [1.807, 2.05) is 36.5 Å².